The number of hydrogen-bond acceptors (Lipinski definition) is 2. The first-order valence-corrected chi connectivity index (χ1v) is 7.23. The Labute approximate surface area is 136 Å². The Morgan fingerprint density at radius 2 is 1.62 bits per heavy atom. The summed E-state index contributed by atoms with van der Waals surface area (Å²) in [6.07, 6.45) is -3.19. The Morgan fingerprint density at radius 3 is 2.33 bits per heavy atom. The maximum absolute atomic E-state index is 13.4. The van der Waals surface area contributed by atoms with E-state index >= 15 is 0 Å². The molecule has 1 heterocycles. The molecule has 3 rings (SSSR count). The van der Waals surface area contributed by atoms with Gasteiger partial charge in [-0.3, -0.25) is 9.78 Å². The molecule has 0 aliphatic heterocycles. The molecule has 0 aliphatic rings. The first-order chi connectivity index (χ1) is 11.5. The summed E-state index contributed by atoms with van der Waals surface area (Å²) in [6.45, 7) is 0. The number of carbonyl (C=O) groups excluding carboxylic acids is 1. The van der Waals surface area contributed by atoms with Crippen molar-refractivity contribution in [2.45, 2.75) is 12.2 Å². The molecule has 0 aliphatic carbocycles. The molecular weight excluding hydrogens is 317 g/mol. The van der Waals surface area contributed by atoms with E-state index in [0.29, 0.717) is 10.9 Å². The van der Waals surface area contributed by atoms with Gasteiger partial charge in [0.2, 0.25) is 0 Å². The Kier molecular flexibility index (Phi) is 4.20. The zero-order valence-corrected chi connectivity index (χ0v) is 12.4. The summed E-state index contributed by atoms with van der Waals surface area (Å²) < 4.78 is 40.1. The Hall–Kier alpha value is -2.89. The molecule has 2 aromatic carbocycles. The fourth-order valence-corrected chi connectivity index (χ4v) is 2.50. The van der Waals surface area contributed by atoms with E-state index in [-0.39, 0.29) is 11.1 Å². The molecule has 0 fully saturated rings. The highest BCUT2D eigenvalue weighted by Gasteiger charge is 2.42. The van der Waals surface area contributed by atoms with Gasteiger partial charge in [0.1, 0.15) is 0 Å². The average molecular weight is 330 g/mol. The number of nitrogens with one attached hydrogen (secondary N) is 1. The number of para-hydroxylation sites is 1. The number of pyridine rings is 1. The molecule has 122 valence electrons. The van der Waals surface area contributed by atoms with Crippen LogP contribution >= 0.6 is 0 Å². The van der Waals surface area contributed by atoms with Gasteiger partial charge in [0.15, 0.2) is 6.04 Å². The molecule has 24 heavy (non-hydrogen) atoms. The molecule has 0 spiro atoms. The minimum Gasteiger partial charge on any atom is -0.337 e. The van der Waals surface area contributed by atoms with Gasteiger partial charge in [-0.2, -0.15) is 13.2 Å². The first-order valence-electron chi connectivity index (χ1n) is 7.23. The highest BCUT2D eigenvalue weighted by molar-refractivity contribution is 6.06. The van der Waals surface area contributed by atoms with Gasteiger partial charge in [0.05, 0.1) is 11.1 Å². The van der Waals surface area contributed by atoms with Crippen LogP contribution in [0, 0.1) is 0 Å². The Bertz CT molecular complexity index is 858. The number of benzene rings is 2. The van der Waals surface area contributed by atoms with Gasteiger partial charge in [-0.05, 0) is 17.7 Å². The molecule has 1 N–H and O–H groups in total. The fourth-order valence-electron chi connectivity index (χ4n) is 2.50. The monoisotopic (exact) mass is 330 g/mol. The minimum atomic E-state index is -4.60. The largest absolute Gasteiger partial charge is 0.412 e. The van der Waals surface area contributed by atoms with Crippen LogP contribution in [0.25, 0.3) is 10.9 Å². The second-order valence-corrected chi connectivity index (χ2v) is 5.23. The second-order valence-electron chi connectivity index (χ2n) is 5.23. The number of fused-ring (bicyclic) bond motifs is 1. The number of aromatic nitrogens is 1. The summed E-state index contributed by atoms with van der Waals surface area (Å²) >= 11 is 0. The van der Waals surface area contributed by atoms with Gasteiger partial charge >= 0.3 is 6.18 Å². The Morgan fingerprint density at radius 1 is 0.958 bits per heavy atom. The highest BCUT2D eigenvalue weighted by Crippen LogP contribution is 2.33. The van der Waals surface area contributed by atoms with Crippen molar-refractivity contribution in [1.29, 1.82) is 0 Å². The molecule has 1 amide bonds. The SMILES string of the molecule is O=C(NC(c1ccccc1)C(F)(F)F)c1ccnc2ccccc12. The molecule has 1 aromatic heterocycles. The number of halogens is 3. The molecule has 1 unspecified atom stereocenters. The van der Waals surface area contributed by atoms with Crippen molar-refractivity contribution in [3.8, 4) is 0 Å². The van der Waals surface area contributed by atoms with Gasteiger partial charge in [0.25, 0.3) is 5.91 Å². The van der Waals surface area contributed by atoms with Gasteiger partial charge in [-0.15, -0.1) is 0 Å². The summed E-state index contributed by atoms with van der Waals surface area (Å²) in [6, 6.07) is 13.4. The Balaban J connectivity index is 1.97. The lowest BCUT2D eigenvalue weighted by Crippen LogP contribution is -2.38. The molecule has 0 saturated heterocycles. The number of carbonyl (C=O) groups is 1. The topological polar surface area (TPSA) is 42.0 Å². The standard InChI is InChI=1S/C18H13F3N2O/c19-18(20,21)16(12-6-2-1-3-7-12)23-17(24)14-10-11-22-15-9-5-4-8-13(14)15/h1-11,16H,(H,23,24). The van der Waals surface area contributed by atoms with Crippen LogP contribution in [0.1, 0.15) is 22.0 Å². The molecule has 0 saturated carbocycles. The molecule has 6 heteroatoms. The van der Waals surface area contributed by atoms with E-state index in [9.17, 15) is 18.0 Å². The van der Waals surface area contributed by atoms with E-state index in [2.05, 4.69) is 10.3 Å². The van der Waals surface area contributed by atoms with Crippen LogP contribution in [0.15, 0.2) is 66.9 Å². The van der Waals surface area contributed by atoms with Crippen LogP contribution in [0.2, 0.25) is 0 Å². The van der Waals surface area contributed by atoms with E-state index in [1.807, 2.05) is 0 Å². The van der Waals surface area contributed by atoms with E-state index in [0.717, 1.165) is 0 Å². The van der Waals surface area contributed by atoms with Crippen molar-refractivity contribution in [2.75, 3.05) is 0 Å². The molecule has 1 atom stereocenters. The van der Waals surface area contributed by atoms with Crippen molar-refractivity contribution < 1.29 is 18.0 Å². The first kappa shape index (κ1) is 16.0. The van der Waals surface area contributed by atoms with E-state index in [1.54, 1.807) is 30.3 Å². The summed E-state index contributed by atoms with van der Waals surface area (Å²) in [7, 11) is 0. The maximum atomic E-state index is 13.4. The summed E-state index contributed by atoms with van der Waals surface area (Å²) in [5, 5.41) is 2.60. The number of nitrogens with zero attached hydrogens (tertiary/aromatic N) is 1. The van der Waals surface area contributed by atoms with E-state index < -0.39 is 18.1 Å². The smallest absolute Gasteiger partial charge is 0.337 e. The number of amides is 1. The van der Waals surface area contributed by atoms with Gasteiger partial charge < -0.3 is 5.32 Å². The summed E-state index contributed by atoms with van der Waals surface area (Å²) in [5.41, 5.74) is 0.691. The van der Waals surface area contributed by atoms with Crippen molar-refractivity contribution >= 4 is 16.8 Å². The van der Waals surface area contributed by atoms with Gasteiger partial charge in [-0.1, -0.05) is 48.5 Å². The van der Waals surface area contributed by atoms with Crippen LogP contribution in [0.3, 0.4) is 0 Å². The third-order valence-corrected chi connectivity index (χ3v) is 3.63. The minimum absolute atomic E-state index is 0.0169. The van der Waals surface area contributed by atoms with Crippen molar-refractivity contribution in [3.05, 3.63) is 78.0 Å². The van der Waals surface area contributed by atoms with Crippen LogP contribution < -0.4 is 5.32 Å². The van der Waals surface area contributed by atoms with Gasteiger partial charge in [0, 0.05) is 11.6 Å². The van der Waals surface area contributed by atoms with Gasteiger partial charge in [-0.25, -0.2) is 0 Å². The predicted molar refractivity (Wildman–Crippen MR) is 84.4 cm³/mol. The predicted octanol–water partition coefficient (Wildman–Crippen LogP) is 4.27. The zero-order valence-electron chi connectivity index (χ0n) is 12.4. The molecule has 0 bridgehead atoms. The lowest BCUT2D eigenvalue weighted by Gasteiger charge is -2.22. The number of hydrogen-bond donors (Lipinski definition) is 1. The molecular formula is C18H13F3N2O. The van der Waals surface area contributed by atoms with E-state index in [1.165, 1.54) is 36.5 Å². The molecule has 3 nitrogen and oxygen atoms in total. The summed E-state index contributed by atoms with van der Waals surface area (Å²) in [5.74, 6) is -0.792. The average Bonchev–Trinajstić information content (AvgIpc) is 2.58. The molecule has 0 radical (unpaired) electrons. The zero-order chi connectivity index (χ0) is 17.2. The van der Waals surface area contributed by atoms with Crippen molar-refractivity contribution in [3.63, 3.8) is 0 Å². The maximum Gasteiger partial charge on any atom is 0.412 e. The number of rotatable bonds is 3. The van der Waals surface area contributed by atoms with E-state index in [4.69, 9.17) is 0 Å². The third kappa shape index (κ3) is 3.22. The lowest BCUT2D eigenvalue weighted by atomic mass is 10.0. The third-order valence-electron chi connectivity index (χ3n) is 3.63. The van der Waals surface area contributed by atoms with Crippen LogP contribution in [0.5, 0.6) is 0 Å². The van der Waals surface area contributed by atoms with Crippen LogP contribution in [-0.4, -0.2) is 17.1 Å². The number of alkyl halides is 3. The fraction of sp³-hybridized carbons (Fsp3) is 0.111. The van der Waals surface area contributed by atoms with Crippen LogP contribution in [-0.2, 0) is 0 Å². The normalized spacial score (nSPS) is 12.8. The quantitative estimate of drug-likeness (QED) is 0.779. The van der Waals surface area contributed by atoms with Crippen molar-refractivity contribution in [1.82, 2.24) is 10.3 Å². The van der Waals surface area contributed by atoms with Crippen molar-refractivity contribution in [2.24, 2.45) is 0 Å². The highest BCUT2D eigenvalue weighted by atomic mass is 19.4. The van der Waals surface area contributed by atoms with Crippen LogP contribution in [0.4, 0.5) is 13.2 Å². The second kappa shape index (κ2) is 6.31. The molecule has 3 aromatic rings. The summed E-state index contributed by atoms with van der Waals surface area (Å²) in [4.78, 5) is 16.6. The lowest BCUT2D eigenvalue weighted by molar-refractivity contribution is -0.155.